The van der Waals surface area contributed by atoms with Crippen molar-refractivity contribution in [2.75, 3.05) is 19.8 Å². The second-order valence-electron chi connectivity index (χ2n) is 6.92. The van der Waals surface area contributed by atoms with Crippen LogP contribution in [0.4, 0.5) is 0 Å². The molecule has 1 atom stereocenters. The van der Waals surface area contributed by atoms with Crippen molar-refractivity contribution < 1.29 is 4.74 Å². The second-order valence-corrected chi connectivity index (χ2v) is 6.92. The van der Waals surface area contributed by atoms with E-state index in [9.17, 15) is 0 Å². The summed E-state index contributed by atoms with van der Waals surface area (Å²) in [5.74, 6) is 1.19. The first-order valence-electron chi connectivity index (χ1n) is 8.49. The van der Waals surface area contributed by atoms with Gasteiger partial charge in [0.15, 0.2) is 0 Å². The number of aromatic nitrogens is 3. The predicted octanol–water partition coefficient (Wildman–Crippen LogP) is 2.34. The summed E-state index contributed by atoms with van der Waals surface area (Å²) in [6.07, 6.45) is 8.57. The van der Waals surface area contributed by atoms with E-state index in [1.54, 1.807) is 0 Å². The number of hydrogen-bond acceptors (Lipinski definition) is 4. The van der Waals surface area contributed by atoms with Crippen LogP contribution in [-0.2, 0) is 24.9 Å². The molecule has 0 amide bonds. The highest BCUT2D eigenvalue weighted by molar-refractivity contribution is 5.25. The normalized spacial score (nSPS) is 21.3. The molecule has 5 nitrogen and oxygen atoms in total. The van der Waals surface area contributed by atoms with Crippen molar-refractivity contribution in [2.24, 2.45) is 13.0 Å². The van der Waals surface area contributed by atoms with E-state index in [0.29, 0.717) is 5.92 Å². The molecule has 0 N–H and O–H groups in total. The van der Waals surface area contributed by atoms with Crippen molar-refractivity contribution in [1.29, 1.82) is 0 Å². The summed E-state index contributed by atoms with van der Waals surface area (Å²) in [5.41, 5.74) is 3.88. The molecule has 2 aromatic heterocycles. The summed E-state index contributed by atoms with van der Waals surface area (Å²) >= 11 is 0. The zero-order chi connectivity index (χ0) is 15.6. The van der Waals surface area contributed by atoms with Crippen molar-refractivity contribution in [3.05, 3.63) is 47.5 Å². The maximum Gasteiger partial charge on any atom is 0.0736 e. The Hall–Kier alpha value is -1.72. The molecular formula is C18H24N4O. The van der Waals surface area contributed by atoms with Crippen LogP contribution < -0.4 is 0 Å². The topological polar surface area (TPSA) is 43.2 Å². The number of aryl methyl sites for hydroxylation is 1. The fourth-order valence-corrected chi connectivity index (χ4v) is 3.38. The smallest absolute Gasteiger partial charge is 0.0736 e. The van der Waals surface area contributed by atoms with Gasteiger partial charge in [-0.3, -0.25) is 14.6 Å². The van der Waals surface area contributed by atoms with Crippen LogP contribution in [0.15, 0.2) is 30.7 Å². The average Bonchev–Trinajstić information content (AvgIpc) is 3.28. The van der Waals surface area contributed by atoms with Gasteiger partial charge in [-0.05, 0) is 36.5 Å². The number of fused-ring (bicyclic) bond motifs is 1. The van der Waals surface area contributed by atoms with E-state index in [1.165, 1.54) is 29.7 Å². The minimum atomic E-state index is 0.375. The van der Waals surface area contributed by atoms with Crippen LogP contribution in [0.3, 0.4) is 0 Å². The molecule has 0 aromatic carbocycles. The summed E-state index contributed by atoms with van der Waals surface area (Å²) in [6.45, 7) is 4.63. The fourth-order valence-electron chi connectivity index (χ4n) is 3.38. The molecule has 1 unspecified atom stereocenters. The van der Waals surface area contributed by atoms with Crippen LogP contribution in [0.5, 0.6) is 0 Å². The quantitative estimate of drug-likeness (QED) is 0.821. The van der Waals surface area contributed by atoms with E-state index >= 15 is 0 Å². The lowest BCUT2D eigenvalue weighted by Gasteiger charge is -2.31. The molecule has 2 aliphatic rings. The highest BCUT2D eigenvalue weighted by Gasteiger charge is 2.29. The fraction of sp³-hybridized carbons (Fsp3) is 0.556. The lowest BCUT2D eigenvalue weighted by atomic mass is 9.97. The zero-order valence-electron chi connectivity index (χ0n) is 13.7. The van der Waals surface area contributed by atoms with Gasteiger partial charge >= 0.3 is 0 Å². The van der Waals surface area contributed by atoms with Gasteiger partial charge in [0.25, 0.3) is 0 Å². The van der Waals surface area contributed by atoms with Crippen LogP contribution >= 0.6 is 0 Å². The van der Waals surface area contributed by atoms with Gasteiger partial charge in [0, 0.05) is 63.4 Å². The monoisotopic (exact) mass is 312 g/mol. The van der Waals surface area contributed by atoms with Gasteiger partial charge in [0.1, 0.15) is 0 Å². The van der Waals surface area contributed by atoms with Crippen molar-refractivity contribution >= 4 is 0 Å². The van der Waals surface area contributed by atoms with Crippen LogP contribution in [-0.4, -0.2) is 39.4 Å². The molecule has 23 heavy (non-hydrogen) atoms. The summed E-state index contributed by atoms with van der Waals surface area (Å²) < 4.78 is 7.91. The first kappa shape index (κ1) is 14.8. The summed E-state index contributed by atoms with van der Waals surface area (Å²) in [6, 6.07) is 4.19. The SMILES string of the molecule is Cn1cc2c(n1)C(COCC1CC1)CN(Cc1ccncc1)C2. The van der Waals surface area contributed by atoms with Gasteiger partial charge < -0.3 is 4.74 Å². The van der Waals surface area contributed by atoms with E-state index in [2.05, 4.69) is 33.3 Å². The Morgan fingerprint density at radius 2 is 2.04 bits per heavy atom. The van der Waals surface area contributed by atoms with Crippen molar-refractivity contribution in [3.8, 4) is 0 Å². The third kappa shape index (κ3) is 3.62. The van der Waals surface area contributed by atoms with Crippen LogP contribution in [0.2, 0.25) is 0 Å². The van der Waals surface area contributed by atoms with E-state index in [4.69, 9.17) is 4.74 Å². The van der Waals surface area contributed by atoms with E-state index in [0.717, 1.165) is 38.8 Å². The Kier molecular flexibility index (Phi) is 4.14. The molecule has 3 heterocycles. The molecule has 5 heteroatoms. The molecule has 0 bridgehead atoms. The number of pyridine rings is 1. The molecule has 122 valence electrons. The van der Waals surface area contributed by atoms with Crippen molar-refractivity contribution in [1.82, 2.24) is 19.7 Å². The number of rotatable bonds is 6. The largest absolute Gasteiger partial charge is 0.380 e. The molecule has 2 aromatic rings. The van der Waals surface area contributed by atoms with Crippen LogP contribution in [0.25, 0.3) is 0 Å². The molecule has 1 aliphatic carbocycles. The highest BCUT2D eigenvalue weighted by atomic mass is 16.5. The zero-order valence-corrected chi connectivity index (χ0v) is 13.7. The summed E-state index contributed by atoms with van der Waals surface area (Å²) in [4.78, 5) is 6.59. The molecule has 4 rings (SSSR count). The minimum Gasteiger partial charge on any atom is -0.380 e. The Bertz CT molecular complexity index is 650. The first-order chi connectivity index (χ1) is 11.3. The number of ether oxygens (including phenoxy) is 1. The lowest BCUT2D eigenvalue weighted by Crippen LogP contribution is -2.35. The van der Waals surface area contributed by atoms with Crippen LogP contribution in [0.1, 0.15) is 35.6 Å². The molecule has 1 saturated carbocycles. The van der Waals surface area contributed by atoms with Crippen molar-refractivity contribution in [2.45, 2.75) is 31.8 Å². The minimum absolute atomic E-state index is 0.375. The predicted molar refractivity (Wildman–Crippen MR) is 87.8 cm³/mol. The summed E-state index contributed by atoms with van der Waals surface area (Å²) in [5, 5.41) is 4.69. The van der Waals surface area contributed by atoms with Gasteiger partial charge in [-0.25, -0.2) is 0 Å². The van der Waals surface area contributed by atoms with Gasteiger partial charge in [0.05, 0.1) is 12.3 Å². The Morgan fingerprint density at radius 3 is 2.83 bits per heavy atom. The standard InChI is InChI=1S/C18H24N4O/c1-21-9-16-10-22(8-14-4-6-19-7-5-14)11-17(18(16)20-21)13-23-12-15-2-3-15/h4-7,9,15,17H,2-3,8,10-13H2,1H3. The Balaban J connectivity index is 1.45. The lowest BCUT2D eigenvalue weighted by molar-refractivity contribution is 0.0881. The maximum absolute atomic E-state index is 5.98. The molecule has 1 aliphatic heterocycles. The number of nitrogens with zero attached hydrogens (tertiary/aromatic N) is 4. The van der Waals surface area contributed by atoms with Gasteiger partial charge in [-0.15, -0.1) is 0 Å². The molecule has 0 radical (unpaired) electrons. The Morgan fingerprint density at radius 1 is 1.22 bits per heavy atom. The first-order valence-corrected chi connectivity index (χ1v) is 8.49. The van der Waals surface area contributed by atoms with E-state index in [-0.39, 0.29) is 0 Å². The van der Waals surface area contributed by atoms with Crippen LogP contribution in [0, 0.1) is 5.92 Å². The van der Waals surface area contributed by atoms with E-state index in [1.807, 2.05) is 24.1 Å². The number of hydrogen-bond donors (Lipinski definition) is 0. The van der Waals surface area contributed by atoms with Gasteiger partial charge in [-0.1, -0.05) is 0 Å². The molecular weight excluding hydrogens is 288 g/mol. The maximum atomic E-state index is 5.98. The molecule has 0 spiro atoms. The average molecular weight is 312 g/mol. The highest BCUT2D eigenvalue weighted by Crippen LogP contribution is 2.31. The third-order valence-electron chi connectivity index (χ3n) is 4.72. The van der Waals surface area contributed by atoms with Gasteiger partial charge in [0.2, 0.25) is 0 Å². The summed E-state index contributed by atoms with van der Waals surface area (Å²) in [7, 11) is 2.01. The van der Waals surface area contributed by atoms with E-state index < -0.39 is 0 Å². The van der Waals surface area contributed by atoms with Gasteiger partial charge in [-0.2, -0.15) is 5.10 Å². The van der Waals surface area contributed by atoms with Crippen molar-refractivity contribution in [3.63, 3.8) is 0 Å². The second kappa shape index (κ2) is 6.42. The Labute approximate surface area is 137 Å². The molecule has 1 fully saturated rings. The molecule has 0 saturated heterocycles. The third-order valence-corrected chi connectivity index (χ3v) is 4.72.